The third-order valence-corrected chi connectivity index (χ3v) is 5.41. The highest BCUT2D eigenvalue weighted by atomic mass is 32.2. The molecule has 1 fully saturated rings. The van der Waals surface area contributed by atoms with Crippen molar-refractivity contribution in [2.24, 2.45) is 5.92 Å². The third-order valence-electron chi connectivity index (χ3n) is 3.64. The van der Waals surface area contributed by atoms with Crippen LogP contribution in [0.1, 0.15) is 23.1 Å². The molecule has 98 valence electrons. The molecule has 4 heteroatoms. The van der Waals surface area contributed by atoms with E-state index in [4.69, 9.17) is 0 Å². The van der Waals surface area contributed by atoms with Crippen LogP contribution in [0.25, 0.3) is 0 Å². The lowest BCUT2D eigenvalue weighted by Gasteiger charge is -2.08. The maximum Gasteiger partial charge on any atom is 0.151 e. The largest absolute Gasteiger partial charge is 0.299 e. The molecule has 0 amide bonds. The van der Waals surface area contributed by atoms with Gasteiger partial charge in [0.1, 0.15) is 5.78 Å². The first-order valence-electron chi connectivity index (χ1n) is 6.17. The molecule has 0 radical (unpaired) electrons. The molecule has 1 atom stereocenters. The quantitative estimate of drug-likeness (QED) is 0.839. The standard InChI is InChI=1S/C14H18O3S/c1-10-3-4-12(7-11(10)2)8-14(15)13-5-6-18(16,17)9-13/h3-4,7,13H,5-6,8-9H2,1-2H3. The maximum absolute atomic E-state index is 12.0. The van der Waals surface area contributed by atoms with Gasteiger partial charge in [-0.3, -0.25) is 4.79 Å². The fourth-order valence-electron chi connectivity index (χ4n) is 2.31. The van der Waals surface area contributed by atoms with E-state index < -0.39 is 9.84 Å². The van der Waals surface area contributed by atoms with Crippen molar-refractivity contribution >= 4 is 15.6 Å². The van der Waals surface area contributed by atoms with E-state index in [1.165, 1.54) is 11.1 Å². The van der Waals surface area contributed by atoms with Crippen molar-refractivity contribution in [3.8, 4) is 0 Å². The van der Waals surface area contributed by atoms with Gasteiger partial charge in [0.05, 0.1) is 11.5 Å². The minimum absolute atomic E-state index is 0.0384. The smallest absolute Gasteiger partial charge is 0.151 e. The van der Waals surface area contributed by atoms with Gasteiger partial charge in [-0.05, 0) is 37.0 Å². The summed E-state index contributed by atoms with van der Waals surface area (Å²) in [6.07, 6.45) is 0.841. The number of carbonyl (C=O) groups excluding carboxylic acids is 1. The number of benzene rings is 1. The van der Waals surface area contributed by atoms with Crippen molar-refractivity contribution in [3.63, 3.8) is 0 Å². The van der Waals surface area contributed by atoms with Gasteiger partial charge in [0, 0.05) is 12.3 Å². The molecular weight excluding hydrogens is 248 g/mol. The normalized spacial score (nSPS) is 22.0. The van der Waals surface area contributed by atoms with Crippen molar-refractivity contribution < 1.29 is 13.2 Å². The number of aryl methyl sites for hydroxylation is 2. The summed E-state index contributed by atoms with van der Waals surface area (Å²) in [5.41, 5.74) is 3.35. The number of sulfone groups is 1. The highest BCUT2D eigenvalue weighted by Gasteiger charge is 2.32. The summed E-state index contributed by atoms with van der Waals surface area (Å²) in [5.74, 6) is -0.0385. The molecule has 1 aromatic rings. The Hall–Kier alpha value is -1.16. The molecule has 1 aromatic carbocycles. The van der Waals surface area contributed by atoms with Gasteiger partial charge in [0.15, 0.2) is 9.84 Å². The fourth-order valence-corrected chi connectivity index (χ4v) is 4.08. The molecule has 0 bridgehead atoms. The number of rotatable bonds is 3. The summed E-state index contributed by atoms with van der Waals surface area (Å²) in [6, 6.07) is 5.96. The molecule has 0 aliphatic carbocycles. The lowest BCUT2D eigenvalue weighted by molar-refractivity contribution is -0.121. The zero-order valence-electron chi connectivity index (χ0n) is 10.8. The van der Waals surface area contributed by atoms with Gasteiger partial charge in [-0.1, -0.05) is 18.2 Å². The number of Topliss-reactive ketones (excluding diaryl/α,β-unsaturated/α-hetero) is 1. The SMILES string of the molecule is Cc1ccc(CC(=O)C2CCS(=O)(=O)C2)cc1C. The highest BCUT2D eigenvalue weighted by molar-refractivity contribution is 7.91. The molecule has 0 saturated carbocycles. The first kappa shape index (κ1) is 13.3. The Labute approximate surface area is 108 Å². The molecule has 1 saturated heterocycles. The zero-order valence-corrected chi connectivity index (χ0v) is 11.6. The summed E-state index contributed by atoms with van der Waals surface area (Å²) in [5, 5.41) is 0. The van der Waals surface area contributed by atoms with Crippen molar-refractivity contribution in [3.05, 3.63) is 34.9 Å². The third kappa shape index (κ3) is 2.99. The highest BCUT2D eigenvalue weighted by Crippen LogP contribution is 2.21. The summed E-state index contributed by atoms with van der Waals surface area (Å²) in [6.45, 7) is 4.05. The molecule has 0 aromatic heterocycles. The lowest BCUT2D eigenvalue weighted by Crippen LogP contribution is -2.18. The van der Waals surface area contributed by atoms with Crippen LogP contribution in [-0.2, 0) is 21.1 Å². The molecule has 18 heavy (non-hydrogen) atoms. The van der Waals surface area contributed by atoms with Crippen molar-refractivity contribution in [2.75, 3.05) is 11.5 Å². The Morgan fingerprint density at radius 1 is 1.28 bits per heavy atom. The number of carbonyl (C=O) groups is 1. The van der Waals surface area contributed by atoms with E-state index in [1.807, 2.05) is 32.0 Å². The van der Waals surface area contributed by atoms with E-state index in [1.54, 1.807) is 0 Å². The average Bonchev–Trinajstić information content (AvgIpc) is 2.64. The van der Waals surface area contributed by atoms with Crippen LogP contribution in [0.2, 0.25) is 0 Å². The van der Waals surface area contributed by atoms with Crippen LogP contribution in [0.15, 0.2) is 18.2 Å². The number of ketones is 1. The minimum Gasteiger partial charge on any atom is -0.299 e. The molecule has 1 heterocycles. The van der Waals surface area contributed by atoms with Gasteiger partial charge in [-0.2, -0.15) is 0 Å². The second-order valence-corrected chi connectivity index (χ2v) is 7.39. The van der Waals surface area contributed by atoms with Crippen molar-refractivity contribution in [2.45, 2.75) is 26.7 Å². The first-order valence-corrected chi connectivity index (χ1v) is 7.99. The van der Waals surface area contributed by atoms with Crippen LogP contribution in [-0.4, -0.2) is 25.7 Å². The Balaban J connectivity index is 2.06. The van der Waals surface area contributed by atoms with E-state index in [0.29, 0.717) is 12.8 Å². The van der Waals surface area contributed by atoms with Crippen LogP contribution in [0.3, 0.4) is 0 Å². The van der Waals surface area contributed by atoms with E-state index in [0.717, 1.165) is 5.56 Å². The molecule has 2 rings (SSSR count). The summed E-state index contributed by atoms with van der Waals surface area (Å²) in [7, 11) is -2.97. The van der Waals surface area contributed by atoms with Crippen LogP contribution >= 0.6 is 0 Å². The Morgan fingerprint density at radius 2 is 2.00 bits per heavy atom. The van der Waals surface area contributed by atoms with Crippen molar-refractivity contribution in [1.29, 1.82) is 0 Å². The predicted molar refractivity (Wildman–Crippen MR) is 71.4 cm³/mol. The monoisotopic (exact) mass is 266 g/mol. The van der Waals surface area contributed by atoms with Crippen molar-refractivity contribution in [1.82, 2.24) is 0 Å². The fraction of sp³-hybridized carbons (Fsp3) is 0.500. The molecule has 0 spiro atoms. The second-order valence-electron chi connectivity index (χ2n) is 5.16. The molecule has 1 aliphatic rings. The predicted octanol–water partition coefficient (Wildman–Crippen LogP) is 1.85. The maximum atomic E-state index is 12.0. The van der Waals surface area contributed by atoms with Crippen LogP contribution in [0, 0.1) is 19.8 Å². The van der Waals surface area contributed by atoms with E-state index in [9.17, 15) is 13.2 Å². The van der Waals surface area contributed by atoms with E-state index >= 15 is 0 Å². The second kappa shape index (κ2) is 4.84. The first-order chi connectivity index (χ1) is 8.37. The molecule has 1 aliphatic heterocycles. The summed E-state index contributed by atoms with van der Waals surface area (Å²) in [4.78, 5) is 12.0. The molecule has 3 nitrogen and oxygen atoms in total. The zero-order chi connectivity index (χ0) is 13.3. The van der Waals surface area contributed by atoms with Gasteiger partial charge in [-0.25, -0.2) is 8.42 Å². The average molecular weight is 266 g/mol. The van der Waals surface area contributed by atoms with Gasteiger partial charge in [0.25, 0.3) is 0 Å². The molecular formula is C14H18O3S. The Morgan fingerprint density at radius 3 is 2.56 bits per heavy atom. The number of hydrogen-bond acceptors (Lipinski definition) is 3. The minimum atomic E-state index is -2.97. The van der Waals surface area contributed by atoms with Gasteiger partial charge >= 0.3 is 0 Å². The van der Waals surface area contributed by atoms with Gasteiger partial charge < -0.3 is 0 Å². The van der Waals surface area contributed by atoms with Gasteiger partial charge in [0.2, 0.25) is 0 Å². The lowest BCUT2D eigenvalue weighted by atomic mass is 9.96. The van der Waals surface area contributed by atoms with Crippen LogP contribution < -0.4 is 0 Å². The summed E-state index contributed by atoms with van der Waals surface area (Å²) >= 11 is 0. The van der Waals surface area contributed by atoms with Crippen LogP contribution in [0.4, 0.5) is 0 Å². The topological polar surface area (TPSA) is 51.2 Å². The van der Waals surface area contributed by atoms with E-state index in [-0.39, 0.29) is 23.2 Å². The van der Waals surface area contributed by atoms with E-state index in [2.05, 4.69) is 0 Å². The van der Waals surface area contributed by atoms with Gasteiger partial charge in [-0.15, -0.1) is 0 Å². The molecule has 1 unspecified atom stereocenters. The Kier molecular flexibility index (Phi) is 3.57. The number of hydrogen-bond donors (Lipinski definition) is 0. The molecule has 0 N–H and O–H groups in total. The summed E-state index contributed by atoms with van der Waals surface area (Å²) < 4.78 is 22.7. The van der Waals surface area contributed by atoms with Crippen LogP contribution in [0.5, 0.6) is 0 Å². The Bertz CT molecular complexity index is 573.